The first-order valence-corrected chi connectivity index (χ1v) is 9.77. The number of amides is 2. The van der Waals surface area contributed by atoms with E-state index >= 15 is 0 Å². The van der Waals surface area contributed by atoms with E-state index in [1.54, 1.807) is 4.90 Å². The number of piperazine rings is 1. The molecule has 30 heavy (non-hydrogen) atoms. The minimum atomic E-state index is -1.66. The summed E-state index contributed by atoms with van der Waals surface area (Å²) in [6.07, 6.45) is 0.879. The molecule has 2 amide bonds. The van der Waals surface area contributed by atoms with Crippen molar-refractivity contribution in [2.75, 3.05) is 32.8 Å². The normalized spacial score (nSPS) is 14.0. The maximum absolute atomic E-state index is 13.9. The highest BCUT2D eigenvalue weighted by atomic mass is 19.2. The van der Waals surface area contributed by atoms with Crippen LogP contribution in [-0.4, -0.2) is 54.4 Å². The Morgan fingerprint density at radius 1 is 0.933 bits per heavy atom. The quantitative estimate of drug-likeness (QED) is 0.531. The van der Waals surface area contributed by atoms with Crippen molar-refractivity contribution in [1.82, 2.24) is 9.80 Å². The Kier molecular flexibility index (Phi) is 6.97. The molecule has 0 atom stereocenters. The second-order valence-corrected chi connectivity index (χ2v) is 7.11. The van der Waals surface area contributed by atoms with Crippen molar-refractivity contribution in [1.29, 1.82) is 0 Å². The third-order valence-electron chi connectivity index (χ3n) is 5.07. The lowest BCUT2D eigenvalue weighted by atomic mass is 10.1. The fourth-order valence-electron chi connectivity index (χ4n) is 3.30. The molecule has 3 rings (SSSR count). The highest BCUT2D eigenvalue weighted by Gasteiger charge is 2.27. The van der Waals surface area contributed by atoms with Crippen molar-refractivity contribution in [3.63, 3.8) is 0 Å². The van der Waals surface area contributed by atoms with Crippen LogP contribution in [0.2, 0.25) is 0 Å². The minimum Gasteiger partial charge on any atom is -0.493 e. The topological polar surface area (TPSA) is 49.9 Å². The predicted octanol–water partition coefficient (Wildman–Crippen LogP) is 3.56. The summed E-state index contributed by atoms with van der Waals surface area (Å²) in [6.45, 7) is 3.37. The van der Waals surface area contributed by atoms with Crippen molar-refractivity contribution in [2.24, 2.45) is 0 Å². The lowest BCUT2D eigenvalue weighted by Gasteiger charge is -2.35. The lowest BCUT2D eigenvalue weighted by Crippen LogP contribution is -2.50. The van der Waals surface area contributed by atoms with Gasteiger partial charge in [0.1, 0.15) is 5.75 Å². The summed E-state index contributed by atoms with van der Waals surface area (Å²) >= 11 is 0. The average Bonchev–Trinajstić information content (AvgIpc) is 2.76. The van der Waals surface area contributed by atoms with Crippen LogP contribution >= 0.6 is 0 Å². The molecule has 1 heterocycles. The van der Waals surface area contributed by atoms with Crippen LogP contribution in [0.25, 0.3) is 0 Å². The van der Waals surface area contributed by atoms with Crippen LogP contribution in [0.15, 0.2) is 36.4 Å². The van der Waals surface area contributed by atoms with E-state index in [4.69, 9.17) is 4.74 Å². The second kappa shape index (κ2) is 9.65. The van der Waals surface area contributed by atoms with Crippen LogP contribution in [-0.2, 0) is 4.79 Å². The molecule has 5 nitrogen and oxygen atoms in total. The second-order valence-electron chi connectivity index (χ2n) is 7.11. The largest absolute Gasteiger partial charge is 0.493 e. The van der Waals surface area contributed by atoms with Crippen molar-refractivity contribution in [2.45, 2.75) is 19.8 Å². The highest BCUT2D eigenvalue weighted by molar-refractivity contribution is 5.94. The molecule has 0 spiro atoms. The predicted molar refractivity (Wildman–Crippen MR) is 105 cm³/mol. The van der Waals surface area contributed by atoms with Gasteiger partial charge >= 0.3 is 0 Å². The molecular formula is C22H23F3N2O3. The molecule has 0 radical (unpaired) electrons. The van der Waals surface area contributed by atoms with E-state index in [0.717, 1.165) is 23.4 Å². The van der Waals surface area contributed by atoms with Gasteiger partial charge in [-0.15, -0.1) is 0 Å². The average molecular weight is 420 g/mol. The number of para-hydroxylation sites is 1. The third kappa shape index (κ3) is 4.93. The minimum absolute atomic E-state index is 0.0468. The lowest BCUT2D eigenvalue weighted by molar-refractivity contribution is -0.132. The van der Waals surface area contributed by atoms with Crippen LogP contribution in [0.3, 0.4) is 0 Å². The molecule has 0 bridgehead atoms. The molecule has 2 aromatic carbocycles. The molecule has 8 heteroatoms. The maximum Gasteiger partial charge on any atom is 0.257 e. The Bertz CT molecular complexity index is 928. The Hall–Kier alpha value is -3.03. The summed E-state index contributed by atoms with van der Waals surface area (Å²) in [4.78, 5) is 27.8. The Labute approximate surface area is 173 Å². The number of nitrogens with zero attached hydrogens (tertiary/aromatic N) is 2. The third-order valence-corrected chi connectivity index (χ3v) is 5.07. The summed E-state index contributed by atoms with van der Waals surface area (Å²) < 4.78 is 46.0. The van der Waals surface area contributed by atoms with Crippen molar-refractivity contribution in [3.8, 4) is 5.75 Å². The smallest absolute Gasteiger partial charge is 0.257 e. The number of aryl methyl sites for hydroxylation is 1. The van der Waals surface area contributed by atoms with Gasteiger partial charge in [-0.1, -0.05) is 18.2 Å². The van der Waals surface area contributed by atoms with E-state index < -0.39 is 28.9 Å². The van der Waals surface area contributed by atoms with Gasteiger partial charge in [0.05, 0.1) is 12.2 Å². The van der Waals surface area contributed by atoms with E-state index in [0.29, 0.717) is 32.5 Å². The number of carbonyl (C=O) groups is 2. The van der Waals surface area contributed by atoms with E-state index in [-0.39, 0.29) is 19.0 Å². The standard InChI is InChI=1S/C22H23F3N2O3/c1-15-5-2-3-6-18(15)30-14-4-7-19(28)26-10-12-27(13-11-26)22(29)16-8-9-17(23)21(25)20(16)24/h2-3,5-6,8-9H,4,7,10-14H2,1H3. The van der Waals surface area contributed by atoms with Crippen LogP contribution in [0, 0.1) is 24.4 Å². The molecule has 1 aliphatic heterocycles. The molecule has 0 aromatic heterocycles. The van der Waals surface area contributed by atoms with Crippen LogP contribution in [0.1, 0.15) is 28.8 Å². The number of hydrogen-bond donors (Lipinski definition) is 0. The van der Waals surface area contributed by atoms with Gasteiger partial charge < -0.3 is 14.5 Å². The SMILES string of the molecule is Cc1ccccc1OCCCC(=O)N1CCN(C(=O)c2ccc(F)c(F)c2F)CC1. The summed E-state index contributed by atoms with van der Waals surface area (Å²) in [6, 6.07) is 9.31. The van der Waals surface area contributed by atoms with Crippen molar-refractivity contribution in [3.05, 3.63) is 65.0 Å². The van der Waals surface area contributed by atoms with E-state index in [9.17, 15) is 22.8 Å². The van der Waals surface area contributed by atoms with Gasteiger partial charge in [0.25, 0.3) is 5.91 Å². The molecule has 160 valence electrons. The van der Waals surface area contributed by atoms with E-state index in [1.807, 2.05) is 31.2 Å². The van der Waals surface area contributed by atoms with Gasteiger partial charge in [-0.3, -0.25) is 9.59 Å². The number of ether oxygens (including phenoxy) is 1. The molecule has 1 aliphatic rings. The fourth-order valence-corrected chi connectivity index (χ4v) is 3.30. The molecule has 0 saturated carbocycles. The number of benzene rings is 2. The summed E-state index contributed by atoms with van der Waals surface area (Å²) in [7, 11) is 0. The molecule has 1 saturated heterocycles. The first-order chi connectivity index (χ1) is 14.4. The fraction of sp³-hybridized carbons (Fsp3) is 0.364. The summed E-state index contributed by atoms with van der Waals surface area (Å²) in [5, 5.41) is 0. The van der Waals surface area contributed by atoms with Gasteiger partial charge in [0, 0.05) is 32.6 Å². The molecule has 0 aliphatic carbocycles. The van der Waals surface area contributed by atoms with Crippen LogP contribution < -0.4 is 4.74 Å². The van der Waals surface area contributed by atoms with E-state index in [2.05, 4.69) is 0 Å². The molecule has 1 fully saturated rings. The first kappa shape index (κ1) is 21.7. The van der Waals surface area contributed by atoms with E-state index in [1.165, 1.54) is 4.90 Å². The zero-order chi connectivity index (χ0) is 21.7. The number of rotatable bonds is 6. The van der Waals surface area contributed by atoms with Crippen molar-refractivity contribution < 1.29 is 27.5 Å². The maximum atomic E-state index is 13.9. The summed E-state index contributed by atoms with van der Waals surface area (Å²) in [5.74, 6) is -4.47. The number of halogens is 3. The van der Waals surface area contributed by atoms with Gasteiger partial charge in [-0.2, -0.15) is 0 Å². The molecule has 0 N–H and O–H groups in total. The van der Waals surface area contributed by atoms with Gasteiger partial charge in [0.2, 0.25) is 5.91 Å². The Balaban J connectivity index is 1.44. The zero-order valence-corrected chi connectivity index (χ0v) is 16.7. The monoisotopic (exact) mass is 420 g/mol. The van der Waals surface area contributed by atoms with Crippen LogP contribution in [0.4, 0.5) is 13.2 Å². The summed E-state index contributed by atoms with van der Waals surface area (Å²) in [5.41, 5.74) is 0.518. The Morgan fingerprint density at radius 2 is 1.60 bits per heavy atom. The van der Waals surface area contributed by atoms with Gasteiger partial charge in [-0.25, -0.2) is 13.2 Å². The van der Waals surface area contributed by atoms with Gasteiger partial charge in [-0.05, 0) is 37.1 Å². The molecule has 0 unspecified atom stereocenters. The van der Waals surface area contributed by atoms with Gasteiger partial charge in [0.15, 0.2) is 17.5 Å². The number of carbonyl (C=O) groups excluding carboxylic acids is 2. The zero-order valence-electron chi connectivity index (χ0n) is 16.7. The van der Waals surface area contributed by atoms with Crippen LogP contribution in [0.5, 0.6) is 5.75 Å². The number of hydrogen-bond acceptors (Lipinski definition) is 3. The molecular weight excluding hydrogens is 397 g/mol. The molecule has 2 aromatic rings. The Morgan fingerprint density at radius 3 is 2.30 bits per heavy atom. The first-order valence-electron chi connectivity index (χ1n) is 9.77. The highest BCUT2D eigenvalue weighted by Crippen LogP contribution is 2.19. The van der Waals surface area contributed by atoms with Crippen molar-refractivity contribution >= 4 is 11.8 Å².